The SMILES string of the molecule is N#Cc1ccc(CC(=O)O)c(C(F)F)c1OC(F)(F)F. The molecule has 0 spiro atoms. The van der Waals surface area contributed by atoms with Crippen LogP contribution in [-0.2, 0) is 11.2 Å². The highest BCUT2D eigenvalue weighted by molar-refractivity contribution is 5.72. The van der Waals surface area contributed by atoms with E-state index in [1.54, 1.807) is 0 Å². The van der Waals surface area contributed by atoms with Gasteiger partial charge in [0.15, 0.2) is 5.75 Å². The first-order valence-electron chi connectivity index (χ1n) is 4.97. The van der Waals surface area contributed by atoms with Crippen LogP contribution in [0.3, 0.4) is 0 Å². The molecule has 0 atom stereocenters. The van der Waals surface area contributed by atoms with E-state index in [1.807, 2.05) is 0 Å². The number of hydrogen-bond donors (Lipinski definition) is 1. The van der Waals surface area contributed by atoms with Crippen LogP contribution in [0.4, 0.5) is 22.0 Å². The predicted molar refractivity (Wildman–Crippen MR) is 54.1 cm³/mol. The van der Waals surface area contributed by atoms with E-state index in [1.165, 1.54) is 6.07 Å². The number of carbonyl (C=O) groups is 1. The third-order valence-corrected chi connectivity index (χ3v) is 2.18. The molecule has 1 N–H and O–H groups in total. The Balaban J connectivity index is 3.49. The van der Waals surface area contributed by atoms with E-state index in [0.29, 0.717) is 0 Å². The van der Waals surface area contributed by atoms with Gasteiger partial charge in [-0.3, -0.25) is 4.79 Å². The normalized spacial score (nSPS) is 11.2. The van der Waals surface area contributed by atoms with E-state index >= 15 is 0 Å². The molecule has 1 aromatic carbocycles. The summed E-state index contributed by atoms with van der Waals surface area (Å²) >= 11 is 0. The Hall–Kier alpha value is -2.37. The molecule has 20 heavy (non-hydrogen) atoms. The minimum atomic E-state index is -5.28. The zero-order valence-electron chi connectivity index (χ0n) is 9.54. The number of nitriles is 1. The maximum Gasteiger partial charge on any atom is 0.573 e. The summed E-state index contributed by atoms with van der Waals surface area (Å²) in [4.78, 5) is 10.5. The second-order valence-corrected chi connectivity index (χ2v) is 3.55. The molecule has 4 nitrogen and oxygen atoms in total. The molecule has 0 bridgehead atoms. The second-order valence-electron chi connectivity index (χ2n) is 3.55. The summed E-state index contributed by atoms with van der Waals surface area (Å²) in [5.74, 6) is -2.87. The minimum Gasteiger partial charge on any atom is -0.481 e. The lowest BCUT2D eigenvalue weighted by atomic mass is 10.0. The molecule has 0 aliphatic heterocycles. The second kappa shape index (κ2) is 5.73. The quantitative estimate of drug-likeness (QED) is 0.867. The van der Waals surface area contributed by atoms with Gasteiger partial charge in [0.2, 0.25) is 0 Å². The number of rotatable bonds is 4. The van der Waals surface area contributed by atoms with Crippen LogP contribution in [0.1, 0.15) is 23.1 Å². The molecular weight excluding hydrogens is 289 g/mol. The van der Waals surface area contributed by atoms with E-state index in [0.717, 1.165) is 12.1 Å². The molecule has 0 saturated carbocycles. The summed E-state index contributed by atoms with van der Waals surface area (Å²) in [7, 11) is 0. The smallest absolute Gasteiger partial charge is 0.481 e. The lowest BCUT2D eigenvalue weighted by Crippen LogP contribution is -2.20. The first-order valence-corrected chi connectivity index (χ1v) is 4.97. The van der Waals surface area contributed by atoms with Crippen LogP contribution in [0.2, 0.25) is 0 Å². The number of nitrogens with zero attached hydrogens (tertiary/aromatic N) is 1. The highest BCUT2D eigenvalue weighted by atomic mass is 19.4. The van der Waals surface area contributed by atoms with Gasteiger partial charge < -0.3 is 9.84 Å². The molecule has 0 saturated heterocycles. The van der Waals surface area contributed by atoms with E-state index in [-0.39, 0.29) is 0 Å². The first kappa shape index (κ1) is 15.7. The molecule has 0 heterocycles. The summed E-state index contributed by atoms with van der Waals surface area (Å²) in [5, 5.41) is 17.2. The van der Waals surface area contributed by atoms with Crippen molar-refractivity contribution in [2.45, 2.75) is 19.2 Å². The Morgan fingerprint density at radius 3 is 2.40 bits per heavy atom. The third kappa shape index (κ3) is 3.81. The van der Waals surface area contributed by atoms with Crippen LogP contribution in [-0.4, -0.2) is 17.4 Å². The molecular formula is C11H6F5NO3. The molecule has 0 aliphatic carbocycles. The van der Waals surface area contributed by atoms with Crippen molar-refractivity contribution >= 4 is 5.97 Å². The third-order valence-electron chi connectivity index (χ3n) is 2.18. The number of carboxylic acid groups (broad SMARTS) is 1. The fourth-order valence-electron chi connectivity index (χ4n) is 1.51. The van der Waals surface area contributed by atoms with E-state index in [4.69, 9.17) is 10.4 Å². The number of aliphatic carboxylic acids is 1. The molecule has 108 valence electrons. The first-order chi connectivity index (χ1) is 9.15. The predicted octanol–water partition coefficient (Wildman–Crippen LogP) is 3.02. The molecule has 0 radical (unpaired) electrons. The molecule has 1 rings (SSSR count). The van der Waals surface area contributed by atoms with Crippen molar-refractivity contribution in [3.8, 4) is 11.8 Å². The lowest BCUT2D eigenvalue weighted by Gasteiger charge is -2.16. The van der Waals surface area contributed by atoms with Gasteiger partial charge in [-0.05, 0) is 11.6 Å². The van der Waals surface area contributed by atoms with Gasteiger partial charge in [0.05, 0.1) is 17.5 Å². The van der Waals surface area contributed by atoms with Crippen molar-refractivity contribution in [2.24, 2.45) is 0 Å². The lowest BCUT2D eigenvalue weighted by molar-refractivity contribution is -0.275. The van der Waals surface area contributed by atoms with Gasteiger partial charge in [-0.1, -0.05) is 6.07 Å². The molecule has 0 aromatic heterocycles. The number of halogens is 5. The number of alkyl halides is 5. The van der Waals surface area contributed by atoms with Crippen molar-refractivity contribution in [1.82, 2.24) is 0 Å². The van der Waals surface area contributed by atoms with Crippen LogP contribution in [0, 0.1) is 11.3 Å². The van der Waals surface area contributed by atoms with Gasteiger partial charge in [-0.15, -0.1) is 13.2 Å². The molecule has 0 fully saturated rings. The molecule has 0 unspecified atom stereocenters. The highest BCUT2D eigenvalue weighted by Crippen LogP contribution is 2.38. The van der Waals surface area contributed by atoms with Crippen LogP contribution < -0.4 is 4.74 Å². The number of benzene rings is 1. The monoisotopic (exact) mass is 295 g/mol. The Morgan fingerprint density at radius 1 is 1.40 bits per heavy atom. The van der Waals surface area contributed by atoms with Gasteiger partial charge in [-0.2, -0.15) is 5.26 Å². The van der Waals surface area contributed by atoms with Crippen molar-refractivity contribution in [3.63, 3.8) is 0 Å². The van der Waals surface area contributed by atoms with Crippen LogP contribution in [0.25, 0.3) is 0 Å². The van der Waals surface area contributed by atoms with Crippen LogP contribution in [0.5, 0.6) is 5.75 Å². The van der Waals surface area contributed by atoms with Crippen LogP contribution >= 0.6 is 0 Å². The standard InChI is InChI=1S/C11H6F5NO3/c12-10(13)8-5(3-7(18)19)1-2-6(4-17)9(8)20-11(14,15)16/h1-2,10H,3H2,(H,18,19). The summed E-state index contributed by atoms with van der Waals surface area (Å²) < 4.78 is 65.8. The van der Waals surface area contributed by atoms with Crippen molar-refractivity contribution in [3.05, 3.63) is 28.8 Å². The highest BCUT2D eigenvalue weighted by Gasteiger charge is 2.35. The molecule has 0 amide bonds. The molecule has 9 heteroatoms. The summed E-state index contributed by atoms with van der Waals surface area (Å²) in [5.41, 5.74) is -2.55. The average Bonchev–Trinajstić information content (AvgIpc) is 2.25. The maximum absolute atomic E-state index is 12.9. The van der Waals surface area contributed by atoms with Crippen LogP contribution in [0.15, 0.2) is 12.1 Å². The number of carboxylic acids is 1. The topological polar surface area (TPSA) is 70.3 Å². The fraction of sp³-hybridized carbons (Fsp3) is 0.273. The maximum atomic E-state index is 12.9. The Bertz CT molecular complexity index is 562. The Kier molecular flexibility index (Phi) is 4.49. The van der Waals surface area contributed by atoms with Crippen molar-refractivity contribution in [1.29, 1.82) is 5.26 Å². The average molecular weight is 295 g/mol. The largest absolute Gasteiger partial charge is 0.573 e. The molecule has 1 aromatic rings. The fourth-order valence-corrected chi connectivity index (χ4v) is 1.51. The van der Waals surface area contributed by atoms with Gasteiger partial charge in [0.1, 0.15) is 6.07 Å². The minimum absolute atomic E-state index is 0.550. The molecule has 0 aliphatic rings. The van der Waals surface area contributed by atoms with Gasteiger partial charge >= 0.3 is 12.3 Å². The summed E-state index contributed by atoms with van der Waals surface area (Å²) in [6, 6.07) is 2.94. The van der Waals surface area contributed by atoms with E-state index in [2.05, 4.69) is 4.74 Å². The van der Waals surface area contributed by atoms with Crippen molar-refractivity contribution in [2.75, 3.05) is 0 Å². The Labute approximate surface area is 109 Å². The van der Waals surface area contributed by atoms with E-state index in [9.17, 15) is 26.7 Å². The van der Waals surface area contributed by atoms with Gasteiger partial charge in [0, 0.05) is 0 Å². The van der Waals surface area contributed by atoms with Crippen molar-refractivity contribution < 1.29 is 36.6 Å². The number of hydrogen-bond acceptors (Lipinski definition) is 3. The number of ether oxygens (including phenoxy) is 1. The van der Waals surface area contributed by atoms with E-state index < -0.39 is 47.6 Å². The zero-order chi connectivity index (χ0) is 15.5. The van der Waals surface area contributed by atoms with Gasteiger partial charge in [0.25, 0.3) is 6.43 Å². The summed E-state index contributed by atoms with van der Waals surface area (Å²) in [6.07, 6.45) is -9.62. The Morgan fingerprint density at radius 2 is 2.00 bits per heavy atom. The zero-order valence-corrected chi connectivity index (χ0v) is 9.54. The van der Waals surface area contributed by atoms with Gasteiger partial charge in [-0.25, -0.2) is 8.78 Å². The summed E-state index contributed by atoms with van der Waals surface area (Å²) in [6.45, 7) is 0.